The summed E-state index contributed by atoms with van der Waals surface area (Å²) in [4.78, 5) is 14.0. The van der Waals surface area contributed by atoms with Crippen LogP contribution in [0.1, 0.15) is 37.5 Å². The number of aliphatic hydroxyl groups is 1. The molecule has 5 aromatic rings. The van der Waals surface area contributed by atoms with E-state index in [9.17, 15) is 18.7 Å². The SMILES string of the molecule is COc1ccc(CN(Cc2ccc(OC)cc2)S(=O)(=O)c2c(N([C@H]3CN(C(=O)OC(C)(C)C)C[C@H]3O)S(=O)O)ccc(I)c2-c2nnnn2Cc2ccc(OC)cc2)cc1. The molecule has 2 heterocycles. The van der Waals surface area contributed by atoms with E-state index < -0.39 is 50.0 Å². The first-order valence-corrected chi connectivity index (χ1v) is 22.2. The number of anilines is 1. The van der Waals surface area contributed by atoms with E-state index in [1.165, 1.54) is 34.2 Å². The van der Waals surface area contributed by atoms with Crippen LogP contribution in [0.15, 0.2) is 89.8 Å². The van der Waals surface area contributed by atoms with E-state index in [2.05, 4.69) is 15.5 Å². The molecule has 1 aromatic heterocycles. The van der Waals surface area contributed by atoms with Crippen molar-refractivity contribution in [3.05, 3.63) is 105 Å². The molecular weight excluding hydrogens is 930 g/mol. The number of amides is 1. The molecular formula is C40H46IN7O10S2. The molecule has 0 aliphatic carbocycles. The Labute approximate surface area is 364 Å². The molecule has 4 aromatic carbocycles. The quantitative estimate of drug-likeness (QED) is 0.101. The van der Waals surface area contributed by atoms with E-state index in [4.69, 9.17) is 18.9 Å². The maximum absolute atomic E-state index is 15.8. The molecule has 6 rings (SSSR count). The summed E-state index contributed by atoms with van der Waals surface area (Å²) in [5.74, 6) is 1.84. The van der Waals surface area contributed by atoms with Gasteiger partial charge in [-0.3, -0.25) is 8.86 Å². The van der Waals surface area contributed by atoms with Gasteiger partial charge in [-0.2, -0.15) is 4.31 Å². The number of carbonyl (C=O) groups is 1. The van der Waals surface area contributed by atoms with Gasteiger partial charge in [0.25, 0.3) is 11.3 Å². The first-order chi connectivity index (χ1) is 28.5. The minimum atomic E-state index is -4.75. The number of halogens is 1. The molecule has 17 nitrogen and oxygen atoms in total. The Morgan fingerprint density at radius 1 is 0.850 bits per heavy atom. The van der Waals surface area contributed by atoms with Gasteiger partial charge < -0.3 is 29.0 Å². The number of hydrogen-bond acceptors (Lipinski definition) is 12. The Hall–Kier alpha value is -4.87. The summed E-state index contributed by atoms with van der Waals surface area (Å²) in [7, 11) is -0.134. The first-order valence-electron chi connectivity index (χ1n) is 18.6. The Kier molecular flexibility index (Phi) is 14.0. The fraction of sp³-hybridized carbons (Fsp3) is 0.350. The van der Waals surface area contributed by atoms with Crippen molar-refractivity contribution in [1.29, 1.82) is 0 Å². The van der Waals surface area contributed by atoms with Crippen LogP contribution in [0.3, 0.4) is 0 Å². The van der Waals surface area contributed by atoms with Crippen LogP contribution in [-0.4, -0.2) is 110 Å². The average Bonchev–Trinajstić information content (AvgIpc) is 3.84. The minimum Gasteiger partial charge on any atom is -0.497 e. The zero-order valence-electron chi connectivity index (χ0n) is 33.8. The van der Waals surface area contributed by atoms with Gasteiger partial charge in [0, 0.05) is 23.2 Å². The fourth-order valence-electron chi connectivity index (χ4n) is 6.66. The zero-order chi connectivity index (χ0) is 43.4. The van der Waals surface area contributed by atoms with Crippen molar-refractivity contribution < 1.29 is 46.0 Å². The second-order valence-electron chi connectivity index (χ2n) is 14.8. The lowest BCUT2D eigenvalue weighted by Crippen LogP contribution is -2.46. The molecule has 1 aliphatic rings. The van der Waals surface area contributed by atoms with Crippen LogP contribution in [0.25, 0.3) is 11.4 Å². The van der Waals surface area contributed by atoms with E-state index >= 15 is 8.42 Å². The van der Waals surface area contributed by atoms with Crippen LogP contribution < -0.4 is 18.5 Å². The Morgan fingerprint density at radius 3 is 1.85 bits per heavy atom. The van der Waals surface area contributed by atoms with Gasteiger partial charge in [0.05, 0.1) is 57.8 Å². The van der Waals surface area contributed by atoms with E-state index in [1.807, 2.05) is 34.7 Å². The van der Waals surface area contributed by atoms with Gasteiger partial charge in [0.2, 0.25) is 10.0 Å². The molecule has 1 aliphatic heterocycles. The molecule has 0 saturated carbocycles. The highest BCUT2D eigenvalue weighted by Gasteiger charge is 2.45. The lowest BCUT2D eigenvalue weighted by molar-refractivity contribution is 0.0270. The van der Waals surface area contributed by atoms with Crippen molar-refractivity contribution in [2.45, 2.75) is 63.0 Å². The molecule has 1 unspecified atom stereocenters. The largest absolute Gasteiger partial charge is 0.497 e. The summed E-state index contributed by atoms with van der Waals surface area (Å²) in [6, 6.07) is 22.8. The van der Waals surface area contributed by atoms with Gasteiger partial charge in [-0.1, -0.05) is 36.4 Å². The van der Waals surface area contributed by atoms with Crippen LogP contribution in [0.4, 0.5) is 10.5 Å². The smallest absolute Gasteiger partial charge is 0.410 e. The van der Waals surface area contributed by atoms with Crippen molar-refractivity contribution in [3.63, 3.8) is 0 Å². The van der Waals surface area contributed by atoms with Crippen LogP contribution in [0.5, 0.6) is 17.2 Å². The van der Waals surface area contributed by atoms with E-state index in [1.54, 1.807) is 94.6 Å². The summed E-state index contributed by atoms with van der Waals surface area (Å²) < 4.78 is 81.9. The van der Waals surface area contributed by atoms with Gasteiger partial charge in [0.1, 0.15) is 27.7 Å². The maximum Gasteiger partial charge on any atom is 0.410 e. The molecule has 20 heteroatoms. The normalized spacial score (nSPS) is 16.1. The van der Waals surface area contributed by atoms with Crippen LogP contribution in [0.2, 0.25) is 0 Å². The van der Waals surface area contributed by atoms with Crippen molar-refractivity contribution >= 4 is 55.7 Å². The zero-order valence-corrected chi connectivity index (χ0v) is 37.5. The number of hydrogen-bond donors (Lipinski definition) is 2. The fourth-order valence-corrected chi connectivity index (χ4v) is 10.1. The number of sulfonamides is 1. The number of rotatable bonds is 15. The minimum absolute atomic E-state index is 0.0491. The maximum atomic E-state index is 15.8. The van der Waals surface area contributed by atoms with Crippen molar-refractivity contribution in [2.75, 3.05) is 38.7 Å². The van der Waals surface area contributed by atoms with Crippen LogP contribution in [-0.2, 0) is 45.7 Å². The van der Waals surface area contributed by atoms with Gasteiger partial charge in [-0.05, 0) is 119 Å². The van der Waals surface area contributed by atoms with Crippen molar-refractivity contribution in [1.82, 2.24) is 29.4 Å². The van der Waals surface area contributed by atoms with E-state index in [0.717, 1.165) is 9.87 Å². The van der Waals surface area contributed by atoms with Crippen LogP contribution in [0, 0.1) is 3.57 Å². The highest BCUT2D eigenvalue weighted by Crippen LogP contribution is 2.42. The number of aromatic nitrogens is 4. The van der Waals surface area contributed by atoms with Gasteiger partial charge in [-0.15, -0.1) is 5.10 Å². The standard InChI is InChI=1S/C40H46IN7O10S2/c1-40(2,3)58-39(50)45-24-34(35(49)25-45)48(59(51)52)33-20-19-32(41)36(38-42-43-44-47(38)23-28-11-17-31(57-6)18-12-28)37(33)60(53,54)46(21-26-7-13-29(55-4)14-8-26)22-27-9-15-30(56-5)16-10-27/h7-20,34-35,49H,21-25H2,1-6H3,(H,51,52)/t34-,35+/m0/s1. The summed E-state index contributed by atoms with van der Waals surface area (Å²) in [6.07, 6.45) is -2.13. The third-order valence-electron chi connectivity index (χ3n) is 9.58. The predicted molar refractivity (Wildman–Crippen MR) is 231 cm³/mol. The molecule has 1 saturated heterocycles. The molecule has 3 atom stereocenters. The summed E-state index contributed by atoms with van der Waals surface area (Å²) in [5, 5.41) is 24.0. The molecule has 1 amide bonds. The van der Waals surface area contributed by atoms with Crippen molar-refractivity contribution in [2.24, 2.45) is 0 Å². The number of tetrazole rings is 1. The molecule has 60 heavy (non-hydrogen) atoms. The number of likely N-dealkylation sites (tertiary alicyclic amines) is 1. The number of carbonyl (C=O) groups excluding carboxylic acids is 1. The number of benzene rings is 4. The average molecular weight is 976 g/mol. The second kappa shape index (κ2) is 18.8. The highest BCUT2D eigenvalue weighted by molar-refractivity contribution is 14.1. The lowest BCUT2D eigenvalue weighted by atomic mass is 10.1. The Balaban J connectivity index is 1.56. The topological polar surface area (TPSA) is 199 Å². The lowest BCUT2D eigenvalue weighted by Gasteiger charge is -2.32. The van der Waals surface area contributed by atoms with Crippen LogP contribution >= 0.6 is 22.6 Å². The second-order valence-corrected chi connectivity index (χ2v) is 18.7. The third kappa shape index (κ3) is 10.2. The Morgan fingerprint density at radius 2 is 1.37 bits per heavy atom. The molecule has 320 valence electrons. The first kappa shape index (κ1) is 44.7. The number of methoxy groups -OCH3 is 3. The Bertz CT molecular complexity index is 2360. The number of aliphatic hydroxyl groups excluding tert-OH is 1. The highest BCUT2D eigenvalue weighted by atomic mass is 127. The summed E-state index contributed by atoms with van der Waals surface area (Å²) in [6.45, 7) is 4.42. The van der Waals surface area contributed by atoms with Gasteiger partial charge >= 0.3 is 6.09 Å². The number of β-amino-alcohol motifs (C(OH)–C–C–N with tert-alkyl or cyclic N) is 1. The molecule has 0 radical (unpaired) electrons. The van der Waals surface area contributed by atoms with Gasteiger partial charge in [0.15, 0.2) is 5.82 Å². The molecule has 1 fully saturated rings. The summed E-state index contributed by atoms with van der Waals surface area (Å²) >= 11 is -0.952. The number of ether oxygens (including phenoxy) is 4. The van der Waals surface area contributed by atoms with E-state index in [-0.39, 0.29) is 49.8 Å². The molecule has 0 spiro atoms. The number of nitrogens with zero attached hydrogens (tertiary/aromatic N) is 7. The van der Waals surface area contributed by atoms with Crippen molar-refractivity contribution in [3.8, 4) is 28.6 Å². The molecule has 0 bridgehead atoms. The third-order valence-corrected chi connectivity index (χ3v) is 13.2. The van der Waals surface area contributed by atoms with E-state index in [0.29, 0.717) is 31.9 Å². The monoisotopic (exact) mass is 975 g/mol. The predicted octanol–water partition coefficient (Wildman–Crippen LogP) is 5.33. The summed E-state index contributed by atoms with van der Waals surface area (Å²) in [5.41, 5.74) is 0.970. The van der Waals surface area contributed by atoms with Gasteiger partial charge in [-0.25, -0.2) is 22.1 Å². The molecule has 2 N–H and O–H groups in total.